The number of primary amides is 1. The van der Waals surface area contributed by atoms with Gasteiger partial charge in [-0.05, 0) is 37.5 Å². The van der Waals surface area contributed by atoms with Crippen molar-refractivity contribution in [2.75, 3.05) is 10.8 Å². The maximum absolute atomic E-state index is 13.0. The first-order valence-corrected chi connectivity index (χ1v) is 9.18. The van der Waals surface area contributed by atoms with E-state index in [-0.39, 0.29) is 9.77 Å². The number of thiophene rings is 1. The highest BCUT2D eigenvalue weighted by Crippen LogP contribution is 2.34. The van der Waals surface area contributed by atoms with Gasteiger partial charge in [0.25, 0.3) is 15.9 Å². The standard InChI is InChI=1S/C15H16N2O3S2/c1-10-14(9-13(21-10)15(16)18)22(19,20)17-8-4-6-11-5-2-3-7-12(11)17/h2-3,5,7,9H,4,6,8H2,1H3,(H2,16,18). The number of aryl methyl sites for hydroxylation is 2. The topological polar surface area (TPSA) is 80.5 Å². The van der Waals surface area contributed by atoms with E-state index in [9.17, 15) is 13.2 Å². The van der Waals surface area contributed by atoms with Crippen molar-refractivity contribution in [3.63, 3.8) is 0 Å². The molecule has 0 radical (unpaired) electrons. The predicted octanol–water partition coefficient (Wildman–Crippen LogP) is 2.30. The Balaban J connectivity index is 2.10. The van der Waals surface area contributed by atoms with Crippen LogP contribution in [0.2, 0.25) is 0 Å². The Morgan fingerprint density at radius 2 is 2.05 bits per heavy atom. The number of sulfonamides is 1. The van der Waals surface area contributed by atoms with Gasteiger partial charge in [-0.1, -0.05) is 18.2 Å². The molecule has 3 rings (SSSR count). The van der Waals surface area contributed by atoms with Crippen molar-refractivity contribution >= 4 is 33.0 Å². The van der Waals surface area contributed by atoms with E-state index in [0.717, 1.165) is 35.4 Å². The second-order valence-electron chi connectivity index (χ2n) is 5.20. The van der Waals surface area contributed by atoms with Crippen LogP contribution in [0.1, 0.15) is 26.5 Å². The van der Waals surface area contributed by atoms with Gasteiger partial charge in [0.2, 0.25) is 0 Å². The number of benzene rings is 1. The number of para-hydroxylation sites is 1. The summed E-state index contributed by atoms with van der Waals surface area (Å²) in [6, 6.07) is 8.90. The molecule has 1 aliphatic heterocycles. The van der Waals surface area contributed by atoms with E-state index in [0.29, 0.717) is 11.4 Å². The van der Waals surface area contributed by atoms with Crippen LogP contribution in [-0.2, 0) is 16.4 Å². The highest BCUT2D eigenvalue weighted by molar-refractivity contribution is 7.93. The van der Waals surface area contributed by atoms with Gasteiger partial charge in [-0.3, -0.25) is 9.10 Å². The minimum Gasteiger partial charge on any atom is -0.365 e. The summed E-state index contributed by atoms with van der Waals surface area (Å²) in [6.07, 6.45) is 1.65. The van der Waals surface area contributed by atoms with Crippen LogP contribution in [0.4, 0.5) is 5.69 Å². The normalized spacial score (nSPS) is 14.7. The molecular weight excluding hydrogens is 320 g/mol. The quantitative estimate of drug-likeness (QED) is 0.934. The monoisotopic (exact) mass is 336 g/mol. The van der Waals surface area contributed by atoms with Crippen LogP contribution in [0.15, 0.2) is 35.2 Å². The molecule has 0 aliphatic carbocycles. The summed E-state index contributed by atoms with van der Waals surface area (Å²) in [7, 11) is -3.68. The smallest absolute Gasteiger partial charge is 0.265 e. The molecule has 0 fully saturated rings. The number of anilines is 1. The van der Waals surface area contributed by atoms with Gasteiger partial charge >= 0.3 is 0 Å². The summed E-state index contributed by atoms with van der Waals surface area (Å²) < 4.78 is 27.4. The number of rotatable bonds is 3. The molecule has 2 heterocycles. The average Bonchev–Trinajstić information content (AvgIpc) is 2.89. The molecule has 2 N–H and O–H groups in total. The van der Waals surface area contributed by atoms with Gasteiger partial charge in [0.1, 0.15) is 4.90 Å². The van der Waals surface area contributed by atoms with E-state index in [1.54, 1.807) is 6.92 Å². The SMILES string of the molecule is Cc1sc(C(N)=O)cc1S(=O)(=O)N1CCCc2ccccc21. The van der Waals surface area contributed by atoms with Gasteiger partial charge in [0.15, 0.2) is 0 Å². The number of nitrogens with zero attached hydrogens (tertiary/aromatic N) is 1. The van der Waals surface area contributed by atoms with Crippen molar-refractivity contribution < 1.29 is 13.2 Å². The molecule has 1 aromatic carbocycles. The van der Waals surface area contributed by atoms with Crippen LogP contribution < -0.4 is 10.0 Å². The number of amides is 1. The highest BCUT2D eigenvalue weighted by atomic mass is 32.2. The van der Waals surface area contributed by atoms with Crippen molar-refractivity contribution in [2.24, 2.45) is 5.73 Å². The molecule has 0 atom stereocenters. The zero-order valence-electron chi connectivity index (χ0n) is 12.1. The van der Waals surface area contributed by atoms with Crippen LogP contribution in [0.25, 0.3) is 0 Å². The lowest BCUT2D eigenvalue weighted by molar-refractivity contribution is 0.100. The van der Waals surface area contributed by atoms with Crippen molar-refractivity contribution in [3.05, 3.63) is 45.6 Å². The Labute approximate surface area is 133 Å². The van der Waals surface area contributed by atoms with E-state index in [1.807, 2.05) is 24.3 Å². The molecule has 0 saturated heterocycles. The third-order valence-corrected chi connectivity index (χ3v) is 6.88. The highest BCUT2D eigenvalue weighted by Gasteiger charge is 2.31. The fourth-order valence-electron chi connectivity index (χ4n) is 2.71. The fraction of sp³-hybridized carbons (Fsp3) is 0.267. The van der Waals surface area contributed by atoms with Gasteiger partial charge in [-0.25, -0.2) is 8.42 Å². The second-order valence-corrected chi connectivity index (χ2v) is 8.29. The number of nitrogens with two attached hydrogens (primary N) is 1. The number of fused-ring (bicyclic) bond motifs is 1. The van der Waals surface area contributed by atoms with E-state index < -0.39 is 15.9 Å². The molecule has 0 saturated carbocycles. The van der Waals surface area contributed by atoms with Crippen LogP contribution in [0, 0.1) is 6.92 Å². The summed E-state index contributed by atoms with van der Waals surface area (Å²) >= 11 is 1.11. The Morgan fingerprint density at radius 3 is 2.73 bits per heavy atom. The first-order chi connectivity index (χ1) is 10.4. The molecule has 0 unspecified atom stereocenters. The molecule has 7 heteroatoms. The van der Waals surface area contributed by atoms with Crippen molar-refractivity contribution in [1.29, 1.82) is 0 Å². The summed E-state index contributed by atoms with van der Waals surface area (Å²) in [5.41, 5.74) is 7.01. The second kappa shape index (κ2) is 5.40. The lowest BCUT2D eigenvalue weighted by Gasteiger charge is -2.30. The fourth-order valence-corrected chi connectivity index (χ4v) is 5.67. The minimum absolute atomic E-state index is 0.169. The predicted molar refractivity (Wildman–Crippen MR) is 86.9 cm³/mol. The minimum atomic E-state index is -3.68. The zero-order valence-corrected chi connectivity index (χ0v) is 13.7. The van der Waals surface area contributed by atoms with Crippen LogP contribution in [-0.4, -0.2) is 20.9 Å². The van der Waals surface area contributed by atoms with Crippen molar-refractivity contribution in [1.82, 2.24) is 0 Å². The van der Waals surface area contributed by atoms with Crippen LogP contribution >= 0.6 is 11.3 Å². The summed E-state index contributed by atoms with van der Waals surface area (Å²) in [4.78, 5) is 12.3. The molecule has 0 bridgehead atoms. The van der Waals surface area contributed by atoms with Gasteiger partial charge < -0.3 is 5.73 Å². The summed E-state index contributed by atoms with van der Waals surface area (Å²) in [5, 5.41) is 0. The molecule has 5 nitrogen and oxygen atoms in total. The third kappa shape index (κ3) is 2.40. The molecule has 1 aliphatic rings. The Kier molecular flexibility index (Phi) is 3.70. The molecule has 1 aromatic heterocycles. The summed E-state index contributed by atoms with van der Waals surface area (Å²) in [5.74, 6) is -0.603. The lowest BCUT2D eigenvalue weighted by atomic mass is 10.0. The number of hydrogen-bond acceptors (Lipinski definition) is 4. The van der Waals surface area contributed by atoms with E-state index in [4.69, 9.17) is 5.73 Å². The first kappa shape index (κ1) is 15.1. The van der Waals surface area contributed by atoms with Gasteiger partial charge in [0.05, 0.1) is 10.6 Å². The molecule has 22 heavy (non-hydrogen) atoms. The molecule has 2 aromatic rings. The van der Waals surface area contributed by atoms with Gasteiger partial charge in [0, 0.05) is 11.4 Å². The van der Waals surface area contributed by atoms with E-state index in [2.05, 4.69) is 0 Å². The number of carbonyl (C=O) groups is 1. The number of hydrogen-bond donors (Lipinski definition) is 1. The van der Waals surface area contributed by atoms with Gasteiger partial charge in [-0.2, -0.15) is 0 Å². The largest absolute Gasteiger partial charge is 0.365 e. The first-order valence-electron chi connectivity index (χ1n) is 6.92. The van der Waals surface area contributed by atoms with E-state index in [1.165, 1.54) is 10.4 Å². The Morgan fingerprint density at radius 1 is 1.32 bits per heavy atom. The zero-order chi connectivity index (χ0) is 15.9. The maximum Gasteiger partial charge on any atom is 0.265 e. The van der Waals surface area contributed by atoms with Crippen molar-refractivity contribution in [3.8, 4) is 0 Å². The number of carbonyl (C=O) groups excluding carboxylic acids is 1. The van der Waals surface area contributed by atoms with Gasteiger partial charge in [-0.15, -0.1) is 11.3 Å². The Hall–Kier alpha value is -1.86. The average molecular weight is 336 g/mol. The molecular formula is C15H16N2O3S2. The molecule has 1 amide bonds. The van der Waals surface area contributed by atoms with Crippen LogP contribution in [0.5, 0.6) is 0 Å². The molecule has 116 valence electrons. The summed E-state index contributed by atoms with van der Waals surface area (Å²) in [6.45, 7) is 2.14. The lowest BCUT2D eigenvalue weighted by Crippen LogP contribution is -2.35. The third-order valence-electron chi connectivity index (χ3n) is 3.75. The van der Waals surface area contributed by atoms with E-state index >= 15 is 0 Å². The molecule has 0 spiro atoms. The van der Waals surface area contributed by atoms with Crippen LogP contribution in [0.3, 0.4) is 0 Å². The Bertz CT molecular complexity index is 840. The maximum atomic E-state index is 13.0. The van der Waals surface area contributed by atoms with Crippen molar-refractivity contribution in [2.45, 2.75) is 24.7 Å².